The molecule has 41 heavy (non-hydrogen) atoms. The van der Waals surface area contributed by atoms with Gasteiger partial charge in [0.1, 0.15) is 40.6 Å². The van der Waals surface area contributed by atoms with Crippen molar-refractivity contribution < 1.29 is 33.4 Å². The minimum atomic E-state index is -1.10. The van der Waals surface area contributed by atoms with Crippen molar-refractivity contribution in [3.8, 4) is 5.75 Å². The lowest BCUT2D eigenvalue weighted by Gasteiger charge is -2.20. The first-order valence-corrected chi connectivity index (χ1v) is 13.8. The van der Waals surface area contributed by atoms with Gasteiger partial charge in [-0.25, -0.2) is 9.78 Å². The number of hydrogen-bond acceptors (Lipinski definition) is 9. The number of Topliss-reactive ketones (excluding diaryl/α,β-unsaturated/α-hetero) is 1. The quantitative estimate of drug-likeness (QED) is 0.117. The van der Waals surface area contributed by atoms with Crippen molar-refractivity contribution in [1.82, 2.24) is 4.98 Å². The molecule has 1 saturated heterocycles. The number of aromatic nitrogens is 1. The number of carbonyl (C=O) groups is 3. The number of anilines is 1. The molecule has 9 nitrogen and oxygen atoms in total. The van der Waals surface area contributed by atoms with E-state index in [1.807, 2.05) is 31.2 Å². The lowest BCUT2D eigenvalue weighted by molar-refractivity contribution is -0.132. The number of amides is 1. The van der Waals surface area contributed by atoms with Crippen molar-refractivity contribution in [2.24, 2.45) is 0 Å². The Bertz CT molecular complexity index is 1670. The number of esters is 1. The van der Waals surface area contributed by atoms with Crippen LogP contribution in [0.25, 0.3) is 5.76 Å². The number of rotatable bonds is 8. The zero-order valence-electron chi connectivity index (χ0n) is 23.0. The highest BCUT2D eigenvalue weighted by molar-refractivity contribution is 7.17. The number of aliphatic hydroxyl groups excluding tert-OH is 1. The summed E-state index contributed by atoms with van der Waals surface area (Å²) in [5, 5.41) is 11.5. The largest absolute Gasteiger partial charge is 0.507 e. The lowest BCUT2D eigenvalue weighted by Crippen LogP contribution is -2.29. The smallest absolute Gasteiger partial charge is 0.350 e. The van der Waals surface area contributed by atoms with Crippen LogP contribution in [0.4, 0.5) is 5.13 Å². The molecule has 1 fully saturated rings. The highest BCUT2D eigenvalue weighted by Crippen LogP contribution is 2.44. The predicted octanol–water partition coefficient (Wildman–Crippen LogP) is 6.04. The van der Waals surface area contributed by atoms with E-state index < -0.39 is 23.7 Å². The standard InChI is InChI=1S/C31H28N2O7S/c1-5-38-30(37)28-19(4)32-31(41-28)33-25(23-14-9-18(3)40-23)24(27(35)29(33)36)26(34)21-10-12-22(13-11-21)39-16-20-8-6-7-17(2)15-20/h6-15,25,34H,5,16H2,1-4H3. The number of hydrogen-bond donors (Lipinski definition) is 1. The number of carbonyl (C=O) groups excluding carboxylic acids is 3. The molecule has 0 radical (unpaired) electrons. The van der Waals surface area contributed by atoms with E-state index in [0.717, 1.165) is 27.4 Å². The van der Waals surface area contributed by atoms with Gasteiger partial charge >= 0.3 is 11.9 Å². The normalized spacial score (nSPS) is 16.3. The number of aryl methyl sites for hydroxylation is 3. The number of thiazole rings is 1. The monoisotopic (exact) mass is 572 g/mol. The van der Waals surface area contributed by atoms with Gasteiger partial charge in [0, 0.05) is 5.56 Å². The Morgan fingerprint density at radius 1 is 1.07 bits per heavy atom. The third-order valence-corrected chi connectivity index (χ3v) is 7.68. The summed E-state index contributed by atoms with van der Waals surface area (Å²) in [5.41, 5.74) is 2.69. The summed E-state index contributed by atoms with van der Waals surface area (Å²) in [6, 6.07) is 16.8. The molecule has 210 valence electrons. The third kappa shape index (κ3) is 5.51. The van der Waals surface area contributed by atoms with Crippen LogP contribution in [-0.4, -0.2) is 34.4 Å². The molecule has 3 heterocycles. The van der Waals surface area contributed by atoms with E-state index in [4.69, 9.17) is 13.9 Å². The van der Waals surface area contributed by atoms with E-state index in [0.29, 0.717) is 29.4 Å². The second-order valence-electron chi connectivity index (χ2n) is 9.55. The fourth-order valence-corrected chi connectivity index (χ4v) is 5.59. The fraction of sp³-hybridized carbons (Fsp3) is 0.226. The van der Waals surface area contributed by atoms with Gasteiger partial charge in [-0.15, -0.1) is 0 Å². The topological polar surface area (TPSA) is 119 Å². The van der Waals surface area contributed by atoms with E-state index in [1.54, 1.807) is 57.2 Å². The Morgan fingerprint density at radius 3 is 2.49 bits per heavy atom. The van der Waals surface area contributed by atoms with Crippen LogP contribution in [0, 0.1) is 20.8 Å². The highest BCUT2D eigenvalue weighted by Gasteiger charge is 2.50. The highest BCUT2D eigenvalue weighted by atomic mass is 32.1. The first-order valence-electron chi connectivity index (χ1n) is 13.0. The van der Waals surface area contributed by atoms with Crippen molar-refractivity contribution in [2.75, 3.05) is 11.5 Å². The second-order valence-corrected chi connectivity index (χ2v) is 10.5. The van der Waals surface area contributed by atoms with Crippen molar-refractivity contribution in [1.29, 1.82) is 0 Å². The summed E-state index contributed by atoms with van der Waals surface area (Å²) in [7, 11) is 0. The molecule has 4 aromatic rings. The summed E-state index contributed by atoms with van der Waals surface area (Å²) in [4.78, 5) is 45.0. The maximum absolute atomic E-state index is 13.4. The number of ether oxygens (including phenoxy) is 2. The van der Waals surface area contributed by atoms with Gasteiger partial charge in [0.2, 0.25) is 0 Å². The second kappa shape index (κ2) is 11.4. The molecule has 0 aliphatic carbocycles. The molecule has 0 bridgehead atoms. The van der Waals surface area contributed by atoms with E-state index >= 15 is 0 Å². The maximum Gasteiger partial charge on any atom is 0.350 e. The molecule has 0 spiro atoms. The molecule has 1 N–H and O–H groups in total. The molecular formula is C31H28N2O7S. The van der Waals surface area contributed by atoms with Crippen molar-refractivity contribution >= 4 is 39.9 Å². The van der Waals surface area contributed by atoms with E-state index in [2.05, 4.69) is 4.98 Å². The van der Waals surface area contributed by atoms with Crippen LogP contribution in [-0.2, 0) is 20.9 Å². The van der Waals surface area contributed by atoms with Gasteiger partial charge < -0.3 is 19.0 Å². The van der Waals surface area contributed by atoms with Crippen LogP contribution >= 0.6 is 11.3 Å². The van der Waals surface area contributed by atoms with Crippen LogP contribution < -0.4 is 9.64 Å². The molecule has 1 aliphatic heterocycles. The molecule has 0 saturated carbocycles. The molecule has 1 amide bonds. The van der Waals surface area contributed by atoms with Gasteiger partial charge in [-0.1, -0.05) is 41.2 Å². The summed E-state index contributed by atoms with van der Waals surface area (Å²) >= 11 is 0.937. The van der Waals surface area contributed by atoms with Crippen LogP contribution in [0.1, 0.15) is 56.5 Å². The Hall–Kier alpha value is -4.70. The van der Waals surface area contributed by atoms with E-state index in [9.17, 15) is 19.5 Å². The minimum Gasteiger partial charge on any atom is -0.507 e. The van der Waals surface area contributed by atoms with E-state index in [1.165, 1.54) is 0 Å². The van der Waals surface area contributed by atoms with Gasteiger partial charge in [-0.05, 0) is 69.7 Å². The average Bonchev–Trinajstić information content (AvgIpc) is 3.63. The Balaban J connectivity index is 1.50. The zero-order valence-corrected chi connectivity index (χ0v) is 23.8. The first kappa shape index (κ1) is 27.9. The van der Waals surface area contributed by atoms with Crippen molar-refractivity contribution in [3.05, 3.63) is 105 Å². The third-order valence-electron chi connectivity index (χ3n) is 6.54. The predicted molar refractivity (Wildman–Crippen MR) is 153 cm³/mol. The number of furan rings is 1. The van der Waals surface area contributed by atoms with E-state index in [-0.39, 0.29) is 33.7 Å². The first-order chi connectivity index (χ1) is 19.7. The molecule has 2 aromatic heterocycles. The van der Waals surface area contributed by atoms with Gasteiger partial charge in [0.25, 0.3) is 5.78 Å². The van der Waals surface area contributed by atoms with Gasteiger partial charge in [-0.3, -0.25) is 14.5 Å². The molecule has 5 rings (SSSR count). The van der Waals surface area contributed by atoms with Crippen molar-refractivity contribution in [2.45, 2.75) is 40.3 Å². The lowest BCUT2D eigenvalue weighted by atomic mass is 9.99. The van der Waals surface area contributed by atoms with Crippen molar-refractivity contribution in [3.63, 3.8) is 0 Å². The Kier molecular flexibility index (Phi) is 7.76. The molecular weight excluding hydrogens is 544 g/mol. The van der Waals surface area contributed by atoms with Gasteiger partial charge in [-0.2, -0.15) is 0 Å². The average molecular weight is 573 g/mol. The number of ketones is 1. The summed E-state index contributed by atoms with van der Waals surface area (Å²) in [6.07, 6.45) is 0. The number of benzene rings is 2. The molecule has 10 heteroatoms. The molecule has 2 aromatic carbocycles. The Morgan fingerprint density at radius 2 is 1.83 bits per heavy atom. The molecule has 1 aliphatic rings. The van der Waals surface area contributed by atoms with Crippen LogP contribution in [0.5, 0.6) is 5.75 Å². The van der Waals surface area contributed by atoms with Crippen LogP contribution in [0.2, 0.25) is 0 Å². The maximum atomic E-state index is 13.4. The summed E-state index contributed by atoms with van der Waals surface area (Å²) < 4.78 is 16.8. The molecule has 1 unspecified atom stereocenters. The Labute approximate surface area is 240 Å². The number of aliphatic hydroxyl groups is 1. The van der Waals surface area contributed by atoms with Gasteiger partial charge in [0.05, 0.1) is 17.9 Å². The van der Waals surface area contributed by atoms with Gasteiger partial charge in [0.15, 0.2) is 5.13 Å². The summed E-state index contributed by atoms with van der Waals surface area (Å²) in [6.45, 7) is 7.61. The fourth-order valence-electron chi connectivity index (χ4n) is 4.60. The SMILES string of the molecule is CCOC(=O)c1sc(N2C(=O)C(=O)C(=C(O)c3ccc(OCc4cccc(C)c4)cc3)C2c2ccc(C)o2)nc1C. The minimum absolute atomic E-state index is 0.116. The zero-order chi connectivity index (χ0) is 29.3. The van der Waals surface area contributed by atoms with Crippen LogP contribution in [0.3, 0.4) is 0 Å². The number of nitrogens with zero attached hydrogens (tertiary/aromatic N) is 2. The molecule has 1 atom stereocenters. The van der Waals surface area contributed by atoms with Crippen LogP contribution in [0.15, 0.2) is 70.7 Å². The summed E-state index contributed by atoms with van der Waals surface area (Å²) in [5.74, 6) is -1.32.